The molecule has 0 saturated carbocycles. The summed E-state index contributed by atoms with van der Waals surface area (Å²) in [5.74, 6) is 0.953. The van der Waals surface area contributed by atoms with Crippen LogP contribution < -0.4 is 10.5 Å². The van der Waals surface area contributed by atoms with Gasteiger partial charge in [0, 0.05) is 5.56 Å². The normalized spacial score (nSPS) is 9.83. The molecule has 2 heteroatoms. The standard InChI is InChI=1S/C10H15NO/c1-2-7-12-10-5-3-9(8-11)4-6-10/h3-6H,2,7-8,11H2,1H3/p+1. The summed E-state index contributed by atoms with van der Waals surface area (Å²) in [4.78, 5) is 0. The van der Waals surface area contributed by atoms with Crippen molar-refractivity contribution in [2.75, 3.05) is 6.61 Å². The first-order valence-corrected chi connectivity index (χ1v) is 4.37. The first-order valence-electron chi connectivity index (χ1n) is 4.37. The van der Waals surface area contributed by atoms with E-state index in [1.165, 1.54) is 5.56 Å². The summed E-state index contributed by atoms with van der Waals surface area (Å²) in [5, 5.41) is 0. The second-order valence-electron chi connectivity index (χ2n) is 2.74. The van der Waals surface area contributed by atoms with E-state index in [1.54, 1.807) is 0 Å². The van der Waals surface area contributed by atoms with Crippen LogP contribution in [-0.4, -0.2) is 6.61 Å². The van der Waals surface area contributed by atoms with Crippen molar-refractivity contribution in [1.29, 1.82) is 0 Å². The van der Waals surface area contributed by atoms with Crippen molar-refractivity contribution in [3.63, 3.8) is 0 Å². The van der Waals surface area contributed by atoms with Crippen LogP contribution in [0.15, 0.2) is 24.3 Å². The van der Waals surface area contributed by atoms with Crippen LogP contribution in [0, 0.1) is 0 Å². The maximum absolute atomic E-state index is 5.43. The van der Waals surface area contributed by atoms with E-state index in [9.17, 15) is 0 Å². The lowest BCUT2D eigenvalue weighted by molar-refractivity contribution is -0.386. The third-order valence-corrected chi connectivity index (χ3v) is 1.68. The zero-order chi connectivity index (χ0) is 8.81. The minimum absolute atomic E-state index is 0.795. The number of hydrogen-bond acceptors (Lipinski definition) is 1. The van der Waals surface area contributed by atoms with Gasteiger partial charge in [0.25, 0.3) is 0 Å². The van der Waals surface area contributed by atoms with Gasteiger partial charge < -0.3 is 10.5 Å². The summed E-state index contributed by atoms with van der Waals surface area (Å²) in [5.41, 5.74) is 5.06. The Hall–Kier alpha value is -1.02. The molecular formula is C10H16NO+. The molecular weight excluding hydrogens is 150 g/mol. The number of rotatable bonds is 4. The second-order valence-corrected chi connectivity index (χ2v) is 2.74. The summed E-state index contributed by atoms with van der Waals surface area (Å²) in [6.45, 7) is 3.74. The molecule has 1 rings (SSSR count). The molecule has 0 aliphatic carbocycles. The van der Waals surface area contributed by atoms with E-state index in [2.05, 4.69) is 24.8 Å². The SMILES string of the molecule is CCCOc1ccc(C[NH3+])cc1. The first-order chi connectivity index (χ1) is 5.86. The largest absolute Gasteiger partial charge is 0.494 e. The van der Waals surface area contributed by atoms with Crippen molar-refractivity contribution in [3.05, 3.63) is 29.8 Å². The molecule has 0 aliphatic rings. The molecule has 1 aromatic rings. The second kappa shape index (κ2) is 4.78. The molecule has 3 N–H and O–H groups in total. The minimum Gasteiger partial charge on any atom is -0.494 e. The molecule has 0 amide bonds. The average molecular weight is 166 g/mol. The molecule has 66 valence electrons. The van der Waals surface area contributed by atoms with Gasteiger partial charge in [-0.05, 0) is 30.7 Å². The van der Waals surface area contributed by atoms with Gasteiger partial charge in [0.1, 0.15) is 5.75 Å². The highest BCUT2D eigenvalue weighted by Crippen LogP contribution is 2.11. The summed E-state index contributed by atoms with van der Waals surface area (Å²) >= 11 is 0. The molecule has 0 atom stereocenters. The maximum Gasteiger partial charge on any atom is 0.119 e. The third kappa shape index (κ3) is 2.55. The van der Waals surface area contributed by atoms with Crippen molar-refractivity contribution in [2.24, 2.45) is 0 Å². The van der Waals surface area contributed by atoms with E-state index >= 15 is 0 Å². The van der Waals surface area contributed by atoms with Gasteiger partial charge in [0.15, 0.2) is 0 Å². The van der Waals surface area contributed by atoms with E-state index in [0.717, 1.165) is 25.3 Å². The summed E-state index contributed by atoms with van der Waals surface area (Å²) in [6, 6.07) is 8.10. The van der Waals surface area contributed by atoms with Crippen LogP contribution in [-0.2, 0) is 6.54 Å². The Kier molecular flexibility index (Phi) is 3.61. The van der Waals surface area contributed by atoms with Gasteiger partial charge in [-0.3, -0.25) is 0 Å². The van der Waals surface area contributed by atoms with Crippen LogP contribution in [0.1, 0.15) is 18.9 Å². The molecule has 0 spiro atoms. The summed E-state index contributed by atoms with van der Waals surface area (Å²) in [7, 11) is 0. The topological polar surface area (TPSA) is 36.9 Å². The monoisotopic (exact) mass is 166 g/mol. The number of hydrogen-bond donors (Lipinski definition) is 1. The molecule has 1 aromatic carbocycles. The van der Waals surface area contributed by atoms with Crippen LogP contribution >= 0.6 is 0 Å². The lowest BCUT2D eigenvalue weighted by Crippen LogP contribution is -2.47. The van der Waals surface area contributed by atoms with Crippen LogP contribution in [0.4, 0.5) is 0 Å². The number of benzene rings is 1. The fraction of sp³-hybridized carbons (Fsp3) is 0.400. The molecule has 0 bridgehead atoms. The zero-order valence-corrected chi connectivity index (χ0v) is 7.55. The van der Waals surface area contributed by atoms with Crippen LogP contribution in [0.25, 0.3) is 0 Å². The van der Waals surface area contributed by atoms with E-state index < -0.39 is 0 Å². The fourth-order valence-electron chi connectivity index (χ4n) is 0.972. The molecule has 2 nitrogen and oxygen atoms in total. The Morgan fingerprint density at radius 3 is 2.42 bits per heavy atom. The predicted octanol–water partition coefficient (Wildman–Crippen LogP) is 1.22. The van der Waals surface area contributed by atoms with Crippen molar-refractivity contribution < 1.29 is 10.5 Å². The maximum atomic E-state index is 5.43. The lowest BCUT2D eigenvalue weighted by Gasteiger charge is -2.03. The van der Waals surface area contributed by atoms with Crippen LogP contribution in [0.3, 0.4) is 0 Å². The van der Waals surface area contributed by atoms with E-state index in [1.807, 2.05) is 12.1 Å². The van der Waals surface area contributed by atoms with E-state index in [-0.39, 0.29) is 0 Å². The molecule has 12 heavy (non-hydrogen) atoms. The zero-order valence-electron chi connectivity index (χ0n) is 7.55. The van der Waals surface area contributed by atoms with Gasteiger partial charge in [0.2, 0.25) is 0 Å². The average Bonchev–Trinajstić information content (AvgIpc) is 2.15. The number of ether oxygens (including phenoxy) is 1. The van der Waals surface area contributed by atoms with Crippen molar-refractivity contribution in [3.8, 4) is 5.75 Å². The third-order valence-electron chi connectivity index (χ3n) is 1.68. The molecule has 0 saturated heterocycles. The molecule has 0 aromatic heterocycles. The van der Waals surface area contributed by atoms with Crippen molar-refractivity contribution in [2.45, 2.75) is 19.9 Å². The quantitative estimate of drug-likeness (QED) is 0.717. The Morgan fingerprint density at radius 1 is 1.25 bits per heavy atom. The predicted molar refractivity (Wildman–Crippen MR) is 48.8 cm³/mol. The molecule has 0 aliphatic heterocycles. The molecule has 0 fully saturated rings. The van der Waals surface area contributed by atoms with Gasteiger partial charge in [-0.1, -0.05) is 6.92 Å². The Balaban J connectivity index is 2.53. The highest BCUT2D eigenvalue weighted by Gasteiger charge is 1.93. The van der Waals surface area contributed by atoms with Crippen LogP contribution in [0.5, 0.6) is 5.75 Å². The highest BCUT2D eigenvalue weighted by atomic mass is 16.5. The fourth-order valence-corrected chi connectivity index (χ4v) is 0.972. The minimum atomic E-state index is 0.795. The lowest BCUT2D eigenvalue weighted by atomic mass is 10.2. The summed E-state index contributed by atoms with van der Waals surface area (Å²) in [6.07, 6.45) is 1.05. The van der Waals surface area contributed by atoms with Crippen molar-refractivity contribution >= 4 is 0 Å². The van der Waals surface area contributed by atoms with Gasteiger partial charge in [-0.25, -0.2) is 0 Å². The highest BCUT2D eigenvalue weighted by molar-refractivity contribution is 5.26. The first kappa shape index (κ1) is 9.07. The smallest absolute Gasteiger partial charge is 0.119 e. The van der Waals surface area contributed by atoms with Gasteiger partial charge in [0.05, 0.1) is 13.2 Å². The van der Waals surface area contributed by atoms with E-state index in [4.69, 9.17) is 4.74 Å². The molecule has 0 heterocycles. The van der Waals surface area contributed by atoms with Gasteiger partial charge >= 0.3 is 0 Å². The Bertz CT molecular complexity index is 218. The molecule has 0 unspecified atom stereocenters. The summed E-state index contributed by atoms with van der Waals surface area (Å²) < 4.78 is 5.43. The van der Waals surface area contributed by atoms with Crippen LogP contribution in [0.2, 0.25) is 0 Å². The van der Waals surface area contributed by atoms with Gasteiger partial charge in [-0.2, -0.15) is 0 Å². The Morgan fingerprint density at radius 2 is 1.92 bits per heavy atom. The van der Waals surface area contributed by atoms with E-state index in [0.29, 0.717) is 0 Å². The number of quaternary nitrogens is 1. The van der Waals surface area contributed by atoms with Crippen molar-refractivity contribution in [1.82, 2.24) is 0 Å². The van der Waals surface area contributed by atoms with Gasteiger partial charge in [-0.15, -0.1) is 0 Å². The molecule has 0 radical (unpaired) electrons. The Labute approximate surface area is 73.3 Å².